The third-order valence-electron chi connectivity index (χ3n) is 5.60. The van der Waals surface area contributed by atoms with Crippen LogP contribution >= 0.6 is 0 Å². The predicted octanol–water partition coefficient (Wildman–Crippen LogP) is 5.42. The van der Waals surface area contributed by atoms with E-state index >= 15 is 0 Å². The van der Waals surface area contributed by atoms with Gasteiger partial charge in [0.2, 0.25) is 5.91 Å². The zero-order valence-electron chi connectivity index (χ0n) is 20.6. The fraction of sp³-hybridized carbons (Fsp3) is 0.138. The Balaban J connectivity index is 1.51. The Labute approximate surface area is 217 Å². The largest absolute Gasteiger partial charge is 0.495 e. The van der Waals surface area contributed by atoms with Crippen molar-refractivity contribution in [2.75, 3.05) is 23.3 Å². The lowest BCUT2D eigenvalue weighted by Gasteiger charge is -2.25. The number of hydrogen-bond acceptors (Lipinski definition) is 5. The van der Waals surface area contributed by atoms with E-state index in [2.05, 4.69) is 5.32 Å². The summed E-state index contributed by atoms with van der Waals surface area (Å²) in [5.74, 6) is 0.372. The molecule has 0 aliphatic heterocycles. The molecule has 0 atom stereocenters. The van der Waals surface area contributed by atoms with Gasteiger partial charge in [-0.2, -0.15) is 0 Å². The van der Waals surface area contributed by atoms with E-state index in [1.807, 2.05) is 30.3 Å². The van der Waals surface area contributed by atoms with Crippen LogP contribution in [0.4, 0.5) is 11.4 Å². The van der Waals surface area contributed by atoms with Crippen molar-refractivity contribution in [2.24, 2.45) is 0 Å². The average molecular weight is 517 g/mol. The number of ether oxygens (including phenoxy) is 2. The van der Waals surface area contributed by atoms with Gasteiger partial charge in [-0.15, -0.1) is 0 Å². The summed E-state index contributed by atoms with van der Waals surface area (Å²) in [6, 6.07) is 30.2. The van der Waals surface area contributed by atoms with Crippen molar-refractivity contribution in [3.8, 4) is 11.5 Å². The van der Waals surface area contributed by atoms with Crippen LogP contribution in [0.15, 0.2) is 108 Å². The molecule has 0 radical (unpaired) electrons. The average Bonchev–Trinajstić information content (AvgIpc) is 2.92. The molecule has 4 aromatic carbocycles. The molecule has 0 heterocycles. The highest BCUT2D eigenvalue weighted by atomic mass is 32.2. The van der Waals surface area contributed by atoms with Crippen molar-refractivity contribution >= 4 is 27.3 Å². The number of benzene rings is 4. The van der Waals surface area contributed by atoms with Crippen LogP contribution in [0.2, 0.25) is 0 Å². The quantitative estimate of drug-likeness (QED) is 0.304. The number of rotatable bonds is 10. The number of anilines is 2. The molecule has 0 bridgehead atoms. The highest BCUT2D eigenvalue weighted by molar-refractivity contribution is 7.93. The zero-order chi connectivity index (χ0) is 26.3. The molecular formula is C29H28N2O5S. The minimum absolute atomic E-state index is 0.00780. The maximum absolute atomic E-state index is 13.7. The van der Waals surface area contributed by atoms with Crippen LogP contribution in [0.3, 0.4) is 0 Å². The Morgan fingerprint density at radius 2 is 1.51 bits per heavy atom. The summed E-state index contributed by atoms with van der Waals surface area (Å²) in [6.45, 7) is 1.81. The fourth-order valence-electron chi connectivity index (χ4n) is 3.72. The highest BCUT2D eigenvalue weighted by Crippen LogP contribution is 2.31. The molecule has 0 aromatic heterocycles. The number of amides is 1. The molecule has 7 nitrogen and oxygen atoms in total. The standard InChI is InChI=1S/C29H28N2O5S/c1-22-13-18-27(35-2)28(19-22)37(33,34)31(25-11-7-4-8-12-25)20-29(32)30-24-14-16-26(17-15-24)36-21-23-9-5-3-6-10-23/h3-19H,20-21H2,1-2H3,(H,30,32). The van der Waals surface area contributed by atoms with Gasteiger partial charge >= 0.3 is 0 Å². The van der Waals surface area contributed by atoms with Gasteiger partial charge in [0.15, 0.2) is 0 Å². The third-order valence-corrected chi connectivity index (χ3v) is 7.40. The molecule has 190 valence electrons. The molecule has 0 aliphatic rings. The lowest BCUT2D eigenvalue weighted by molar-refractivity contribution is -0.114. The van der Waals surface area contributed by atoms with Crippen LogP contribution in [0.25, 0.3) is 0 Å². The number of hydrogen-bond donors (Lipinski definition) is 1. The first kappa shape index (κ1) is 25.8. The Bertz CT molecular complexity index is 1440. The molecule has 0 saturated heterocycles. The van der Waals surface area contributed by atoms with Gasteiger partial charge in [-0.1, -0.05) is 54.6 Å². The van der Waals surface area contributed by atoms with Crippen molar-refractivity contribution < 1.29 is 22.7 Å². The first-order chi connectivity index (χ1) is 17.9. The van der Waals surface area contributed by atoms with E-state index in [1.54, 1.807) is 73.7 Å². The third kappa shape index (κ3) is 6.48. The van der Waals surface area contributed by atoms with E-state index < -0.39 is 22.5 Å². The summed E-state index contributed by atoms with van der Waals surface area (Å²) in [6.07, 6.45) is 0. The Morgan fingerprint density at radius 1 is 0.865 bits per heavy atom. The number of sulfonamides is 1. The lowest BCUT2D eigenvalue weighted by atomic mass is 10.2. The second-order valence-electron chi connectivity index (χ2n) is 8.35. The number of para-hydroxylation sites is 1. The van der Waals surface area contributed by atoms with E-state index in [9.17, 15) is 13.2 Å². The molecule has 0 spiro atoms. The Morgan fingerprint density at radius 3 is 2.16 bits per heavy atom. The predicted molar refractivity (Wildman–Crippen MR) is 145 cm³/mol. The molecule has 37 heavy (non-hydrogen) atoms. The second-order valence-corrected chi connectivity index (χ2v) is 10.2. The first-order valence-corrected chi connectivity index (χ1v) is 13.1. The molecule has 0 fully saturated rings. The van der Waals surface area contributed by atoms with Crippen molar-refractivity contribution in [3.63, 3.8) is 0 Å². The van der Waals surface area contributed by atoms with Crippen LogP contribution in [-0.2, 0) is 21.4 Å². The van der Waals surface area contributed by atoms with Crippen LogP contribution in [0, 0.1) is 6.92 Å². The maximum atomic E-state index is 13.7. The highest BCUT2D eigenvalue weighted by Gasteiger charge is 2.30. The normalized spacial score (nSPS) is 11.0. The minimum atomic E-state index is -4.12. The van der Waals surface area contributed by atoms with Crippen molar-refractivity contribution in [2.45, 2.75) is 18.4 Å². The summed E-state index contributed by atoms with van der Waals surface area (Å²) < 4.78 is 39.7. The molecular weight excluding hydrogens is 488 g/mol. The molecule has 4 rings (SSSR count). The molecule has 0 saturated carbocycles. The van der Waals surface area contributed by atoms with Crippen LogP contribution in [-0.4, -0.2) is 28.0 Å². The monoisotopic (exact) mass is 516 g/mol. The maximum Gasteiger partial charge on any atom is 0.268 e. The molecule has 4 aromatic rings. The van der Waals surface area contributed by atoms with E-state index in [1.165, 1.54) is 13.2 Å². The number of carbonyl (C=O) groups excluding carboxylic acids is 1. The Kier molecular flexibility index (Phi) is 8.10. The van der Waals surface area contributed by atoms with Gasteiger partial charge in [0.25, 0.3) is 10.0 Å². The van der Waals surface area contributed by atoms with E-state index in [-0.39, 0.29) is 10.6 Å². The minimum Gasteiger partial charge on any atom is -0.495 e. The first-order valence-electron chi connectivity index (χ1n) is 11.7. The summed E-state index contributed by atoms with van der Waals surface area (Å²) in [5, 5.41) is 2.77. The second kappa shape index (κ2) is 11.6. The van der Waals surface area contributed by atoms with Crippen molar-refractivity contribution in [3.05, 3.63) is 114 Å². The molecule has 0 aliphatic carbocycles. The summed E-state index contributed by atoms with van der Waals surface area (Å²) >= 11 is 0. The Hall–Kier alpha value is -4.30. The summed E-state index contributed by atoms with van der Waals surface area (Å²) in [7, 11) is -2.71. The van der Waals surface area contributed by atoms with Gasteiger partial charge in [-0.3, -0.25) is 9.10 Å². The smallest absolute Gasteiger partial charge is 0.268 e. The number of nitrogens with one attached hydrogen (secondary N) is 1. The molecule has 1 amide bonds. The number of methoxy groups -OCH3 is 1. The summed E-state index contributed by atoms with van der Waals surface area (Å²) in [5.41, 5.74) is 2.69. The van der Waals surface area contributed by atoms with E-state index in [4.69, 9.17) is 9.47 Å². The van der Waals surface area contributed by atoms with E-state index in [0.717, 1.165) is 15.4 Å². The van der Waals surface area contributed by atoms with Gasteiger partial charge in [-0.05, 0) is 66.6 Å². The van der Waals surface area contributed by atoms with Gasteiger partial charge in [0.05, 0.1) is 12.8 Å². The van der Waals surface area contributed by atoms with Gasteiger partial charge in [-0.25, -0.2) is 8.42 Å². The fourth-order valence-corrected chi connectivity index (χ4v) is 5.38. The van der Waals surface area contributed by atoms with Crippen molar-refractivity contribution in [1.29, 1.82) is 0 Å². The molecule has 1 N–H and O–H groups in total. The van der Waals surface area contributed by atoms with E-state index in [0.29, 0.717) is 23.7 Å². The SMILES string of the molecule is COc1ccc(C)cc1S(=O)(=O)N(CC(=O)Nc1ccc(OCc2ccccc2)cc1)c1ccccc1. The zero-order valence-corrected chi connectivity index (χ0v) is 21.4. The van der Waals surface area contributed by atoms with Gasteiger partial charge in [0.1, 0.15) is 29.5 Å². The number of nitrogens with zero attached hydrogens (tertiary/aromatic N) is 1. The van der Waals surface area contributed by atoms with Gasteiger partial charge < -0.3 is 14.8 Å². The van der Waals surface area contributed by atoms with Crippen LogP contribution in [0.1, 0.15) is 11.1 Å². The van der Waals surface area contributed by atoms with Crippen LogP contribution < -0.4 is 19.1 Å². The summed E-state index contributed by atoms with van der Waals surface area (Å²) in [4.78, 5) is 13.0. The molecule has 0 unspecified atom stereocenters. The van der Waals surface area contributed by atoms with Crippen LogP contribution in [0.5, 0.6) is 11.5 Å². The van der Waals surface area contributed by atoms with Crippen molar-refractivity contribution in [1.82, 2.24) is 0 Å². The molecule has 8 heteroatoms. The lowest BCUT2D eigenvalue weighted by Crippen LogP contribution is -2.38. The van der Waals surface area contributed by atoms with Gasteiger partial charge in [0, 0.05) is 5.69 Å². The number of carbonyl (C=O) groups is 1. The topological polar surface area (TPSA) is 84.9 Å². The number of aryl methyl sites for hydroxylation is 1.